The zero-order valence-corrected chi connectivity index (χ0v) is 15.9. The summed E-state index contributed by atoms with van der Waals surface area (Å²) in [5.74, 6) is -0.195. The van der Waals surface area contributed by atoms with Gasteiger partial charge in [0.2, 0.25) is 5.91 Å². The van der Waals surface area contributed by atoms with Gasteiger partial charge in [-0.3, -0.25) is 4.79 Å². The molecule has 0 spiro atoms. The predicted octanol–water partition coefficient (Wildman–Crippen LogP) is 3.56. The van der Waals surface area contributed by atoms with E-state index < -0.39 is 23.3 Å². The van der Waals surface area contributed by atoms with Crippen molar-refractivity contribution in [1.82, 2.24) is 5.32 Å². The van der Waals surface area contributed by atoms with E-state index in [1.807, 2.05) is 0 Å². The Bertz CT molecular complexity index is 648. The van der Waals surface area contributed by atoms with Gasteiger partial charge in [0.15, 0.2) is 0 Å². The third-order valence-electron chi connectivity index (χ3n) is 5.63. The highest BCUT2D eigenvalue weighted by atomic mass is 35.5. The Kier molecular flexibility index (Phi) is 7.16. The minimum atomic E-state index is -4.37. The van der Waals surface area contributed by atoms with Gasteiger partial charge in [-0.15, -0.1) is 12.4 Å². The van der Waals surface area contributed by atoms with Crippen molar-refractivity contribution < 1.29 is 22.7 Å². The minimum Gasteiger partial charge on any atom is -0.364 e. The molecule has 3 rings (SSSR count). The molecule has 1 aromatic carbocycles. The molecular formula is C19H26ClF3N2O2. The Hall–Kier alpha value is -1.31. The van der Waals surface area contributed by atoms with E-state index in [9.17, 15) is 18.0 Å². The number of carbonyl (C=O) groups excluding carboxylic acids is 1. The second-order valence-electron chi connectivity index (χ2n) is 7.34. The number of hydrogen-bond acceptors (Lipinski definition) is 3. The fourth-order valence-electron chi connectivity index (χ4n) is 4.09. The highest BCUT2D eigenvalue weighted by Gasteiger charge is 2.39. The summed E-state index contributed by atoms with van der Waals surface area (Å²) in [6.45, 7) is 0.720. The molecule has 0 aromatic heterocycles. The predicted molar refractivity (Wildman–Crippen MR) is 98.8 cm³/mol. The lowest BCUT2D eigenvalue weighted by Crippen LogP contribution is -2.43. The van der Waals surface area contributed by atoms with E-state index in [4.69, 9.17) is 10.5 Å². The Morgan fingerprint density at radius 1 is 1.26 bits per heavy atom. The number of carbonyl (C=O) groups is 1. The summed E-state index contributed by atoms with van der Waals surface area (Å²) in [5, 5.41) is 2.92. The first-order valence-electron chi connectivity index (χ1n) is 9.15. The van der Waals surface area contributed by atoms with Crippen molar-refractivity contribution in [3.05, 3.63) is 35.4 Å². The van der Waals surface area contributed by atoms with Crippen molar-refractivity contribution in [2.45, 2.75) is 62.3 Å². The third kappa shape index (κ3) is 4.95. The Morgan fingerprint density at radius 2 is 1.96 bits per heavy atom. The topological polar surface area (TPSA) is 64.4 Å². The SMILES string of the molecule is Cl.NC[C@H]1CC[C@@H](C(=O)NCC2(c3cccc(C(F)(F)F)c3)CCCC2)O1. The van der Waals surface area contributed by atoms with Gasteiger partial charge in [-0.25, -0.2) is 0 Å². The second-order valence-corrected chi connectivity index (χ2v) is 7.34. The molecule has 0 bridgehead atoms. The van der Waals surface area contributed by atoms with Gasteiger partial charge in [-0.2, -0.15) is 13.2 Å². The maximum absolute atomic E-state index is 13.1. The van der Waals surface area contributed by atoms with Gasteiger partial charge in [0.25, 0.3) is 0 Å². The van der Waals surface area contributed by atoms with E-state index in [0.29, 0.717) is 25.1 Å². The maximum atomic E-state index is 13.1. The largest absolute Gasteiger partial charge is 0.416 e. The maximum Gasteiger partial charge on any atom is 0.416 e. The van der Waals surface area contributed by atoms with Gasteiger partial charge < -0.3 is 15.8 Å². The lowest BCUT2D eigenvalue weighted by molar-refractivity contribution is -0.137. The Balaban J connectivity index is 0.00000261. The second kappa shape index (κ2) is 8.80. The smallest absolute Gasteiger partial charge is 0.364 e. The fourth-order valence-corrected chi connectivity index (χ4v) is 4.09. The first-order valence-corrected chi connectivity index (χ1v) is 9.15. The van der Waals surface area contributed by atoms with Crippen LogP contribution < -0.4 is 11.1 Å². The van der Waals surface area contributed by atoms with E-state index in [2.05, 4.69) is 5.32 Å². The lowest BCUT2D eigenvalue weighted by Gasteiger charge is -2.31. The van der Waals surface area contributed by atoms with Crippen molar-refractivity contribution in [3.8, 4) is 0 Å². The summed E-state index contributed by atoms with van der Waals surface area (Å²) < 4.78 is 44.8. The van der Waals surface area contributed by atoms with Crippen LogP contribution in [0, 0.1) is 0 Å². The van der Waals surface area contributed by atoms with Crippen LogP contribution in [0.1, 0.15) is 49.7 Å². The first kappa shape index (κ1) is 22.0. The van der Waals surface area contributed by atoms with E-state index in [-0.39, 0.29) is 24.4 Å². The van der Waals surface area contributed by atoms with Crippen molar-refractivity contribution in [2.24, 2.45) is 5.73 Å². The molecule has 0 unspecified atom stereocenters. The number of ether oxygens (including phenoxy) is 1. The van der Waals surface area contributed by atoms with E-state index in [0.717, 1.165) is 38.2 Å². The molecule has 2 aliphatic rings. The summed E-state index contributed by atoms with van der Waals surface area (Å²) in [7, 11) is 0. The standard InChI is InChI=1S/C19H25F3N2O2.ClH/c20-19(21,22)14-5-3-4-13(10-14)18(8-1-2-9-18)12-24-17(25)16-7-6-15(11-23)26-16;/h3-5,10,15-16H,1-2,6-9,11-12,23H2,(H,24,25);1H/t15-,16+;/m1./s1. The van der Waals surface area contributed by atoms with Crippen LogP contribution in [0.2, 0.25) is 0 Å². The number of halogens is 4. The van der Waals surface area contributed by atoms with Crippen LogP contribution in [0.25, 0.3) is 0 Å². The fraction of sp³-hybridized carbons (Fsp3) is 0.632. The van der Waals surface area contributed by atoms with Gasteiger partial charge >= 0.3 is 6.18 Å². The normalized spacial score (nSPS) is 24.4. The average molecular weight is 407 g/mol. The molecule has 3 N–H and O–H groups in total. The number of rotatable bonds is 5. The van der Waals surface area contributed by atoms with Crippen LogP contribution in [0.3, 0.4) is 0 Å². The van der Waals surface area contributed by atoms with Crippen molar-refractivity contribution >= 4 is 18.3 Å². The molecule has 1 heterocycles. The molecule has 27 heavy (non-hydrogen) atoms. The van der Waals surface area contributed by atoms with Gasteiger partial charge in [0.05, 0.1) is 11.7 Å². The highest BCUT2D eigenvalue weighted by Crippen LogP contribution is 2.42. The molecule has 1 saturated heterocycles. The summed E-state index contributed by atoms with van der Waals surface area (Å²) in [4.78, 5) is 12.4. The molecule has 4 nitrogen and oxygen atoms in total. The molecule has 8 heteroatoms. The van der Waals surface area contributed by atoms with Crippen LogP contribution >= 0.6 is 12.4 Å². The van der Waals surface area contributed by atoms with Gasteiger partial charge in [0, 0.05) is 18.5 Å². The Morgan fingerprint density at radius 3 is 2.56 bits per heavy atom. The molecular weight excluding hydrogens is 381 g/mol. The van der Waals surface area contributed by atoms with E-state index >= 15 is 0 Å². The summed E-state index contributed by atoms with van der Waals surface area (Å²) >= 11 is 0. The molecule has 2 atom stereocenters. The highest BCUT2D eigenvalue weighted by molar-refractivity contribution is 5.85. The number of nitrogens with two attached hydrogens (primary N) is 1. The molecule has 1 aliphatic heterocycles. The summed E-state index contributed by atoms with van der Waals surface area (Å²) in [6.07, 6.45) is -0.149. The van der Waals surface area contributed by atoms with Crippen molar-refractivity contribution in [2.75, 3.05) is 13.1 Å². The number of nitrogens with one attached hydrogen (secondary N) is 1. The minimum absolute atomic E-state index is 0. The molecule has 1 saturated carbocycles. The number of hydrogen-bond donors (Lipinski definition) is 2. The van der Waals surface area contributed by atoms with E-state index in [1.165, 1.54) is 12.1 Å². The number of alkyl halides is 3. The molecule has 2 fully saturated rings. The van der Waals surface area contributed by atoms with Gasteiger partial charge in [-0.1, -0.05) is 31.0 Å². The van der Waals surface area contributed by atoms with E-state index in [1.54, 1.807) is 6.07 Å². The quantitative estimate of drug-likeness (QED) is 0.785. The monoisotopic (exact) mass is 406 g/mol. The van der Waals surface area contributed by atoms with Crippen LogP contribution in [0.4, 0.5) is 13.2 Å². The zero-order valence-electron chi connectivity index (χ0n) is 15.1. The van der Waals surface area contributed by atoms with Crippen LogP contribution in [-0.4, -0.2) is 31.2 Å². The van der Waals surface area contributed by atoms with Crippen LogP contribution in [0.15, 0.2) is 24.3 Å². The molecule has 1 aromatic rings. The molecule has 0 radical (unpaired) electrons. The lowest BCUT2D eigenvalue weighted by atomic mass is 9.78. The molecule has 1 aliphatic carbocycles. The summed E-state index contributed by atoms with van der Waals surface area (Å²) in [5.41, 5.74) is 5.13. The number of amides is 1. The van der Waals surface area contributed by atoms with Gasteiger partial charge in [0.1, 0.15) is 6.10 Å². The zero-order chi connectivity index (χ0) is 18.8. The Labute approximate surface area is 163 Å². The average Bonchev–Trinajstić information content (AvgIpc) is 3.29. The van der Waals surface area contributed by atoms with Gasteiger partial charge in [-0.05, 0) is 37.3 Å². The first-order chi connectivity index (χ1) is 12.3. The number of benzene rings is 1. The van der Waals surface area contributed by atoms with Crippen LogP contribution in [-0.2, 0) is 21.1 Å². The van der Waals surface area contributed by atoms with Crippen molar-refractivity contribution in [1.29, 1.82) is 0 Å². The summed E-state index contributed by atoms with van der Waals surface area (Å²) in [6, 6.07) is 5.51. The van der Waals surface area contributed by atoms with Crippen molar-refractivity contribution in [3.63, 3.8) is 0 Å². The van der Waals surface area contributed by atoms with Crippen LogP contribution in [0.5, 0.6) is 0 Å². The third-order valence-corrected chi connectivity index (χ3v) is 5.63. The molecule has 152 valence electrons. The molecule has 1 amide bonds.